The van der Waals surface area contributed by atoms with Crippen molar-refractivity contribution in [3.8, 4) is 0 Å². The SMILES string of the molecule is CCC1CC1NC1CC2CCC1(C)C2(C)C. The van der Waals surface area contributed by atoms with Crippen LogP contribution in [0.2, 0.25) is 0 Å². The van der Waals surface area contributed by atoms with Crippen molar-refractivity contribution in [1.82, 2.24) is 5.32 Å². The summed E-state index contributed by atoms with van der Waals surface area (Å²) in [6.45, 7) is 9.90. The fourth-order valence-electron chi connectivity index (χ4n) is 4.62. The van der Waals surface area contributed by atoms with Crippen LogP contribution in [0.25, 0.3) is 0 Å². The predicted octanol–water partition coefficient (Wildman–Crippen LogP) is 3.59. The lowest BCUT2D eigenvalue weighted by Crippen LogP contribution is -2.45. The summed E-state index contributed by atoms with van der Waals surface area (Å²) in [5.74, 6) is 1.97. The van der Waals surface area contributed by atoms with Gasteiger partial charge in [0.25, 0.3) is 0 Å². The van der Waals surface area contributed by atoms with Crippen LogP contribution in [0.3, 0.4) is 0 Å². The third-order valence-corrected chi connectivity index (χ3v) is 6.66. The maximum atomic E-state index is 3.98. The van der Waals surface area contributed by atoms with Gasteiger partial charge in [0, 0.05) is 12.1 Å². The molecule has 3 fully saturated rings. The normalized spacial score (nSPS) is 53.2. The Hall–Kier alpha value is -0.0400. The van der Waals surface area contributed by atoms with Crippen molar-refractivity contribution in [3.05, 3.63) is 0 Å². The number of nitrogens with one attached hydrogen (secondary N) is 1. The van der Waals surface area contributed by atoms with E-state index in [-0.39, 0.29) is 0 Å². The number of rotatable bonds is 3. The molecule has 0 spiro atoms. The number of fused-ring (bicyclic) bond motifs is 2. The monoisotopic (exact) mass is 221 g/mol. The average molecular weight is 221 g/mol. The largest absolute Gasteiger partial charge is 0.310 e. The highest BCUT2D eigenvalue weighted by molar-refractivity contribution is 5.14. The van der Waals surface area contributed by atoms with Crippen LogP contribution in [-0.4, -0.2) is 12.1 Å². The van der Waals surface area contributed by atoms with E-state index in [1.54, 1.807) is 0 Å². The Labute approximate surface area is 100 Å². The Morgan fingerprint density at radius 1 is 1.19 bits per heavy atom. The third kappa shape index (κ3) is 1.27. The van der Waals surface area contributed by atoms with Crippen LogP contribution < -0.4 is 5.32 Å². The molecule has 1 N–H and O–H groups in total. The molecule has 1 nitrogen and oxygen atoms in total. The van der Waals surface area contributed by atoms with E-state index in [9.17, 15) is 0 Å². The van der Waals surface area contributed by atoms with E-state index in [1.165, 1.54) is 32.1 Å². The zero-order valence-electron chi connectivity index (χ0n) is 11.3. The van der Waals surface area contributed by atoms with E-state index < -0.39 is 0 Å². The minimum atomic E-state index is 0.568. The fourth-order valence-corrected chi connectivity index (χ4v) is 4.62. The van der Waals surface area contributed by atoms with Gasteiger partial charge in [0.2, 0.25) is 0 Å². The van der Waals surface area contributed by atoms with Crippen LogP contribution in [-0.2, 0) is 0 Å². The van der Waals surface area contributed by atoms with Gasteiger partial charge in [0.1, 0.15) is 0 Å². The third-order valence-electron chi connectivity index (χ3n) is 6.66. The van der Waals surface area contributed by atoms with Gasteiger partial charge in [-0.25, -0.2) is 0 Å². The number of hydrogen-bond acceptors (Lipinski definition) is 1. The maximum Gasteiger partial charge on any atom is 0.0132 e. The second kappa shape index (κ2) is 3.25. The summed E-state index contributed by atoms with van der Waals surface area (Å²) in [6.07, 6.45) is 7.17. The molecule has 0 aromatic heterocycles. The molecule has 3 rings (SSSR count). The summed E-state index contributed by atoms with van der Waals surface area (Å²) in [7, 11) is 0. The Bertz CT molecular complexity index is 296. The van der Waals surface area contributed by atoms with Crippen molar-refractivity contribution in [3.63, 3.8) is 0 Å². The van der Waals surface area contributed by atoms with Gasteiger partial charge < -0.3 is 5.32 Å². The van der Waals surface area contributed by atoms with Crippen molar-refractivity contribution in [2.75, 3.05) is 0 Å². The highest BCUT2D eigenvalue weighted by Crippen LogP contribution is 2.65. The molecule has 16 heavy (non-hydrogen) atoms. The van der Waals surface area contributed by atoms with E-state index in [2.05, 4.69) is 33.0 Å². The first-order chi connectivity index (χ1) is 7.49. The Balaban J connectivity index is 1.70. The second-order valence-electron chi connectivity index (χ2n) is 7.34. The van der Waals surface area contributed by atoms with Crippen molar-refractivity contribution < 1.29 is 0 Å². The van der Waals surface area contributed by atoms with Crippen molar-refractivity contribution in [2.24, 2.45) is 22.7 Å². The fraction of sp³-hybridized carbons (Fsp3) is 1.00. The molecule has 3 aliphatic rings. The molecule has 3 aliphatic carbocycles. The van der Waals surface area contributed by atoms with E-state index in [1.807, 2.05) is 0 Å². The predicted molar refractivity (Wildman–Crippen MR) is 68.3 cm³/mol. The molecule has 0 aromatic carbocycles. The zero-order chi connectivity index (χ0) is 11.6. The van der Waals surface area contributed by atoms with Gasteiger partial charge in [0.05, 0.1) is 0 Å². The minimum Gasteiger partial charge on any atom is -0.310 e. The zero-order valence-corrected chi connectivity index (χ0v) is 11.3. The van der Waals surface area contributed by atoms with Crippen molar-refractivity contribution >= 4 is 0 Å². The second-order valence-corrected chi connectivity index (χ2v) is 7.34. The van der Waals surface area contributed by atoms with Crippen LogP contribution in [0.4, 0.5) is 0 Å². The summed E-state index contributed by atoms with van der Waals surface area (Å²) < 4.78 is 0. The van der Waals surface area contributed by atoms with Crippen molar-refractivity contribution in [1.29, 1.82) is 0 Å². The lowest BCUT2D eigenvalue weighted by Gasteiger charge is -2.39. The molecule has 2 bridgehead atoms. The molecule has 0 aliphatic heterocycles. The van der Waals surface area contributed by atoms with Gasteiger partial charge in [-0.15, -0.1) is 0 Å². The maximum absolute atomic E-state index is 3.98. The Morgan fingerprint density at radius 2 is 1.94 bits per heavy atom. The molecular weight excluding hydrogens is 194 g/mol. The minimum absolute atomic E-state index is 0.568. The van der Waals surface area contributed by atoms with E-state index in [4.69, 9.17) is 0 Å². The van der Waals surface area contributed by atoms with E-state index in [0.717, 1.165) is 23.9 Å². The summed E-state index contributed by atoms with van der Waals surface area (Å²) in [4.78, 5) is 0. The van der Waals surface area contributed by atoms with E-state index in [0.29, 0.717) is 10.8 Å². The molecule has 92 valence electrons. The first-order valence-corrected chi connectivity index (χ1v) is 7.25. The first kappa shape index (κ1) is 11.1. The molecule has 0 radical (unpaired) electrons. The Morgan fingerprint density at radius 3 is 2.38 bits per heavy atom. The average Bonchev–Trinajstić information content (AvgIpc) is 2.91. The first-order valence-electron chi connectivity index (χ1n) is 7.25. The summed E-state index contributed by atoms with van der Waals surface area (Å²) in [5, 5.41) is 3.98. The van der Waals surface area contributed by atoms with Crippen LogP contribution >= 0.6 is 0 Å². The number of hydrogen-bond donors (Lipinski definition) is 1. The summed E-state index contributed by atoms with van der Waals surface area (Å²) >= 11 is 0. The highest BCUT2D eigenvalue weighted by atomic mass is 15.0. The molecule has 0 amide bonds. The van der Waals surface area contributed by atoms with Crippen molar-refractivity contribution in [2.45, 2.75) is 71.9 Å². The Kier molecular flexibility index (Phi) is 2.25. The van der Waals surface area contributed by atoms with Crippen LogP contribution in [0.5, 0.6) is 0 Å². The topological polar surface area (TPSA) is 12.0 Å². The summed E-state index contributed by atoms with van der Waals surface area (Å²) in [5.41, 5.74) is 1.14. The van der Waals surface area contributed by atoms with Gasteiger partial charge in [-0.3, -0.25) is 0 Å². The molecule has 1 heteroatoms. The summed E-state index contributed by atoms with van der Waals surface area (Å²) in [6, 6.07) is 1.67. The molecule has 3 saturated carbocycles. The molecular formula is C15H27N. The van der Waals surface area contributed by atoms with Crippen LogP contribution in [0, 0.1) is 22.7 Å². The van der Waals surface area contributed by atoms with Gasteiger partial charge in [-0.05, 0) is 48.3 Å². The quantitative estimate of drug-likeness (QED) is 0.768. The smallest absolute Gasteiger partial charge is 0.0132 e. The van der Waals surface area contributed by atoms with Gasteiger partial charge >= 0.3 is 0 Å². The van der Waals surface area contributed by atoms with Gasteiger partial charge in [-0.1, -0.05) is 34.1 Å². The lowest BCUT2D eigenvalue weighted by molar-refractivity contribution is 0.119. The molecule has 0 saturated heterocycles. The highest BCUT2D eigenvalue weighted by Gasteiger charge is 2.61. The molecule has 5 atom stereocenters. The molecule has 0 heterocycles. The van der Waals surface area contributed by atoms with Crippen LogP contribution in [0.15, 0.2) is 0 Å². The standard InChI is InChI=1S/C15H27N/c1-5-10-8-12(10)16-13-9-11-6-7-15(13,4)14(11,2)3/h10-13,16H,5-9H2,1-4H3. The molecule has 5 unspecified atom stereocenters. The molecule has 0 aromatic rings. The van der Waals surface area contributed by atoms with E-state index >= 15 is 0 Å². The van der Waals surface area contributed by atoms with Gasteiger partial charge in [-0.2, -0.15) is 0 Å². The lowest BCUT2D eigenvalue weighted by atomic mass is 9.69. The van der Waals surface area contributed by atoms with Gasteiger partial charge in [0.15, 0.2) is 0 Å². The van der Waals surface area contributed by atoms with Crippen LogP contribution in [0.1, 0.15) is 59.8 Å².